The van der Waals surface area contributed by atoms with Crippen LogP contribution in [0.4, 0.5) is 0 Å². The molecule has 1 aromatic carbocycles. The molecule has 2 rings (SSSR count). The van der Waals surface area contributed by atoms with Gasteiger partial charge in [0, 0.05) is 12.7 Å². The second-order valence-corrected chi connectivity index (χ2v) is 4.88. The van der Waals surface area contributed by atoms with E-state index in [1.54, 1.807) is 0 Å². The highest BCUT2D eigenvalue weighted by atomic mass is 15.3. The molecular weight excluding hydrogens is 222 g/mol. The zero-order valence-corrected chi connectivity index (χ0v) is 11.4. The van der Waals surface area contributed by atoms with E-state index in [1.807, 2.05) is 16.9 Å². The zero-order chi connectivity index (χ0) is 13.1. The van der Waals surface area contributed by atoms with E-state index in [2.05, 4.69) is 44.1 Å². The van der Waals surface area contributed by atoms with Crippen LogP contribution in [-0.4, -0.2) is 9.78 Å². The van der Waals surface area contributed by atoms with Gasteiger partial charge in [-0.25, -0.2) is 0 Å². The maximum atomic E-state index is 6.29. The molecule has 1 aromatic heterocycles. The number of hydrogen-bond acceptors (Lipinski definition) is 2. The molecule has 0 saturated carbocycles. The lowest BCUT2D eigenvalue weighted by atomic mass is 10.00. The summed E-state index contributed by atoms with van der Waals surface area (Å²) in [5.74, 6) is 0. The summed E-state index contributed by atoms with van der Waals surface area (Å²) in [5, 5.41) is 4.27. The Labute approximate surface area is 109 Å². The molecule has 0 amide bonds. The van der Waals surface area contributed by atoms with E-state index in [0.29, 0.717) is 0 Å². The third-order valence-corrected chi connectivity index (χ3v) is 3.17. The summed E-state index contributed by atoms with van der Waals surface area (Å²) >= 11 is 0. The molecule has 96 valence electrons. The molecule has 3 nitrogen and oxygen atoms in total. The Morgan fingerprint density at radius 2 is 1.89 bits per heavy atom. The molecule has 0 aliphatic carbocycles. The number of nitrogens with two attached hydrogens (primary N) is 1. The highest BCUT2D eigenvalue weighted by molar-refractivity contribution is 5.29. The molecule has 18 heavy (non-hydrogen) atoms. The highest BCUT2D eigenvalue weighted by Gasteiger charge is 2.12. The Morgan fingerprint density at radius 1 is 1.22 bits per heavy atom. The molecular formula is C15H21N3. The van der Waals surface area contributed by atoms with Gasteiger partial charge in [0.2, 0.25) is 0 Å². The minimum Gasteiger partial charge on any atom is -0.322 e. The molecule has 2 aromatic rings. The first kappa shape index (κ1) is 12.8. The number of aromatic nitrogens is 2. The van der Waals surface area contributed by atoms with Gasteiger partial charge in [-0.1, -0.05) is 29.3 Å². The predicted molar refractivity (Wildman–Crippen MR) is 74.4 cm³/mol. The maximum absolute atomic E-state index is 6.29. The number of rotatable bonds is 4. The van der Waals surface area contributed by atoms with Crippen molar-refractivity contribution in [3.8, 4) is 0 Å². The van der Waals surface area contributed by atoms with Crippen LogP contribution in [0.5, 0.6) is 0 Å². The van der Waals surface area contributed by atoms with Gasteiger partial charge in [-0.2, -0.15) is 5.10 Å². The molecule has 0 bridgehead atoms. The maximum Gasteiger partial charge on any atom is 0.0554 e. The van der Waals surface area contributed by atoms with E-state index in [0.717, 1.165) is 18.7 Å². The standard InChI is InChI=1S/C15H21N3/c1-4-18-15(5-6-17-18)14(16)10-13-8-11(2)7-12(3)9-13/h5-9,14H,4,10,16H2,1-3H3. The van der Waals surface area contributed by atoms with Crippen LogP contribution in [0.15, 0.2) is 30.5 Å². The molecule has 0 aliphatic heterocycles. The molecule has 1 heterocycles. The first-order chi connectivity index (χ1) is 8.60. The predicted octanol–water partition coefficient (Wildman–Crippen LogP) is 2.76. The largest absolute Gasteiger partial charge is 0.322 e. The normalized spacial score (nSPS) is 12.7. The Morgan fingerprint density at radius 3 is 2.50 bits per heavy atom. The number of aryl methyl sites for hydroxylation is 3. The molecule has 0 fully saturated rings. The smallest absolute Gasteiger partial charge is 0.0554 e. The number of nitrogens with zero attached hydrogens (tertiary/aromatic N) is 2. The second-order valence-electron chi connectivity index (χ2n) is 4.88. The van der Waals surface area contributed by atoms with Gasteiger partial charge in [0.15, 0.2) is 0 Å². The van der Waals surface area contributed by atoms with Gasteiger partial charge < -0.3 is 5.73 Å². The summed E-state index contributed by atoms with van der Waals surface area (Å²) in [5.41, 5.74) is 11.3. The average Bonchev–Trinajstić information content (AvgIpc) is 2.75. The topological polar surface area (TPSA) is 43.8 Å². The molecule has 1 atom stereocenters. The Balaban J connectivity index is 2.18. The summed E-state index contributed by atoms with van der Waals surface area (Å²) in [6, 6.07) is 8.62. The van der Waals surface area contributed by atoms with Gasteiger partial charge in [-0.05, 0) is 38.8 Å². The van der Waals surface area contributed by atoms with E-state index in [9.17, 15) is 0 Å². The number of hydrogen-bond donors (Lipinski definition) is 1. The summed E-state index contributed by atoms with van der Waals surface area (Å²) in [7, 11) is 0. The van der Waals surface area contributed by atoms with Crippen LogP contribution >= 0.6 is 0 Å². The van der Waals surface area contributed by atoms with Gasteiger partial charge in [0.25, 0.3) is 0 Å². The Kier molecular flexibility index (Phi) is 3.82. The summed E-state index contributed by atoms with van der Waals surface area (Å²) in [6.45, 7) is 7.19. The van der Waals surface area contributed by atoms with E-state index in [1.165, 1.54) is 16.7 Å². The van der Waals surface area contributed by atoms with Crippen molar-refractivity contribution in [2.75, 3.05) is 0 Å². The van der Waals surface area contributed by atoms with Crippen LogP contribution in [0.2, 0.25) is 0 Å². The molecule has 0 aliphatic rings. The van der Waals surface area contributed by atoms with E-state index >= 15 is 0 Å². The molecule has 0 saturated heterocycles. The molecule has 2 N–H and O–H groups in total. The third-order valence-electron chi connectivity index (χ3n) is 3.17. The van der Waals surface area contributed by atoms with Crippen molar-refractivity contribution in [2.24, 2.45) is 5.73 Å². The summed E-state index contributed by atoms with van der Waals surface area (Å²) < 4.78 is 1.97. The fourth-order valence-corrected chi connectivity index (χ4v) is 2.47. The van der Waals surface area contributed by atoms with Crippen molar-refractivity contribution in [3.63, 3.8) is 0 Å². The van der Waals surface area contributed by atoms with Gasteiger partial charge in [-0.3, -0.25) is 4.68 Å². The van der Waals surface area contributed by atoms with E-state index in [-0.39, 0.29) is 6.04 Å². The SMILES string of the molecule is CCn1nccc1C(N)Cc1cc(C)cc(C)c1. The van der Waals surface area contributed by atoms with Gasteiger partial charge in [0.05, 0.1) is 11.7 Å². The molecule has 0 radical (unpaired) electrons. The average molecular weight is 243 g/mol. The van der Waals surface area contributed by atoms with Crippen LogP contribution in [-0.2, 0) is 13.0 Å². The second kappa shape index (κ2) is 5.36. The van der Waals surface area contributed by atoms with Crippen molar-refractivity contribution < 1.29 is 0 Å². The van der Waals surface area contributed by atoms with E-state index in [4.69, 9.17) is 5.73 Å². The van der Waals surface area contributed by atoms with Crippen molar-refractivity contribution in [2.45, 2.75) is 39.8 Å². The molecule has 1 unspecified atom stereocenters. The lowest BCUT2D eigenvalue weighted by Gasteiger charge is -2.14. The van der Waals surface area contributed by atoms with Gasteiger partial charge in [-0.15, -0.1) is 0 Å². The lowest BCUT2D eigenvalue weighted by molar-refractivity contribution is 0.568. The zero-order valence-electron chi connectivity index (χ0n) is 11.4. The summed E-state index contributed by atoms with van der Waals surface area (Å²) in [4.78, 5) is 0. The van der Waals surface area contributed by atoms with Gasteiger partial charge in [0.1, 0.15) is 0 Å². The lowest BCUT2D eigenvalue weighted by Crippen LogP contribution is -2.18. The van der Waals surface area contributed by atoms with Crippen LogP contribution in [0.3, 0.4) is 0 Å². The quantitative estimate of drug-likeness (QED) is 0.897. The first-order valence-corrected chi connectivity index (χ1v) is 6.44. The Bertz CT molecular complexity index is 508. The van der Waals surface area contributed by atoms with Crippen LogP contribution in [0.25, 0.3) is 0 Å². The van der Waals surface area contributed by atoms with Crippen molar-refractivity contribution in [1.82, 2.24) is 9.78 Å². The first-order valence-electron chi connectivity index (χ1n) is 6.44. The molecule has 3 heteroatoms. The Hall–Kier alpha value is -1.61. The fourth-order valence-electron chi connectivity index (χ4n) is 2.47. The minimum absolute atomic E-state index is 0.00801. The van der Waals surface area contributed by atoms with Crippen LogP contribution in [0, 0.1) is 13.8 Å². The van der Waals surface area contributed by atoms with Crippen LogP contribution in [0.1, 0.15) is 35.3 Å². The molecule has 0 spiro atoms. The monoisotopic (exact) mass is 243 g/mol. The van der Waals surface area contributed by atoms with Gasteiger partial charge >= 0.3 is 0 Å². The van der Waals surface area contributed by atoms with Crippen molar-refractivity contribution >= 4 is 0 Å². The number of benzene rings is 1. The highest BCUT2D eigenvalue weighted by Crippen LogP contribution is 2.18. The van der Waals surface area contributed by atoms with Crippen molar-refractivity contribution in [3.05, 3.63) is 52.8 Å². The van der Waals surface area contributed by atoms with Crippen molar-refractivity contribution in [1.29, 1.82) is 0 Å². The third kappa shape index (κ3) is 2.79. The fraction of sp³-hybridized carbons (Fsp3) is 0.400. The van der Waals surface area contributed by atoms with Crippen LogP contribution < -0.4 is 5.73 Å². The summed E-state index contributed by atoms with van der Waals surface area (Å²) in [6.07, 6.45) is 2.68. The van der Waals surface area contributed by atoms with E-state index < -0.39 is 0 Å². The minimum atomic E-state index is 0.00801.